The molecule has 0 bridgehead atoms. The molecule has 142 valence electrons. The fourth-order valence-corrected chi connectivity index (χ4v) is 3.13. The third-order valence-electron chi connectivity index (χ3n) is 4.46. The van der Waals surface area contributed by atoms with E-state index in [9.17, 15) is 4.79 Å². The summed E-state index contributed by atoms with van der Waals surface area (Å²) in [7, 11) is 0. The first-order valence-corrected chi connectivity index (χ1v) is 10.3. The average molecular weight is 367 g/mol. The van der Waals surface area contributed by atoms with Crippen LogP contribution in [0.15, 0.2) is 24.3 Å². The lowest BCUT2D eigenvalue weighted by atomic mass is 10.1. The second-order valence-electron chi connectivity index (χ2n) is 6.74. The predicted molar refractivity (Wildman–Crippen MR) is 108 cm³/mol. The van der Waals surface area contributed by atoms with Crippen molar-refractivity contribution in [3.05, 3.63) is 29.8 Å². The van der Waals surface area contributed by atoms with Gasteiger partial charge in [-0.25, -0.2) is 4.79 Å². The summed E-state index contributed by atoms with van der Waals surface area (Å²) in [5.41, 5.74) is 0.282. The number of thiol groups is 1. The number of hydrogen-bond acceptors (Lipinski definition) is 3. The molecule has 0 amide bonds. The van der Waals surface area contributed by atoms with Gasteiger partial charge in [0.1, 0.15) is 5.75 Å². The van der Waals surface area contributed by atoms with Gasteiger partial charge in [0.15, 0.2) is 0 Å². The van der Waals surface area contributed by atoms with Crippen molar-refractivity contribution < 1.29 is 14.6 Å². The first-order valence-electron chi connectivity index (χ1n) is 9.77. The Morgan fingerprint density at radius 2 is 1.52 bits per heavy atom. The SMILES string of the molecule is CCCCCCCCCCCC(S)CCOc1ccc(C(=O)O)cc1. The summed E-state index contributed by atoms with van der Waals surface area (Å²) in [5.74, 6) is -0.198. The number of benzene rings is 1. The van der Waals surface area contributed by atoms with Crippen LogP contribution in [0.5, 0.6) is 5.75 Å². The Kier molecular flexibility index (Phi) is 12.3. The quantitative estimate of drug-likeness (QED) is 0.280. The molecule has 25 heavy (non-hydrogen) atoms. The minimum absolute atomic E-state index is 0.282. The van der Waals surface area contributed by atoms with Crippen LogP contribution in [-0.4, -0.2) is 22.9 Å². The summed E-state index contributed by atoms with van der Waals surface area (Å²) in [5, 5.41) is 9.24. The Morgan fingerprint density at radius 3 is 2.08 bits per heavy atom. The standard InChI is InChI=1S/C21H34O3S/c1-2-3-4-5-6-7-8-9-10-11-20(25)16-17-24-19-14-12-18(13-15-19)21(22)23/h12-15,20,25H,2-11,16-17H2,1H3,(H,22,23). The lowest BCUT2D eigenvalue weighted by molar-refractivity contribution is 0.0697. The van der Waals surface area contributed by atoms with Crippen LogP contribution in [0.3, 0.4) is 0 Å². The van der Waals surface area contributed by atoms with Crippen molar-refractivity contribution in [2.75, 3.05) is 6.61 Å². The molecule has 0 aromatic heterocycles. The number of unbranched alkanes of at least 4 members (excludes halogenated alkanes) is 8. The minimum Gasteiger partial charge on any atom is -0.494 e. The number of carboxylic acids is 1. The molecule has 1 aromatic carbocycles. The van der Waals surface area contributed by atoms with E-state index in [0.29, 0.717) is 17.6 Å². The van der Waals surface area contributed by atoms with Gasteiger partial charge in [0.05, 0.1) is 12.2 Å². The molecule has 1 N–H and O–H groups in total. The largest absolute Gasteiger partial charge is 0.494 e. The van der Waals surface area contributed by atoms with Crippen molar-refractivity contribution >= 4 is 18.6 Å². The molecule has 0 saturated heterocycles. The summed E-state index contributed by atoms with van der Waals surface area (Å²) in [6.07, 6.45) is 14.2. The number of carbonyl (C=O) groups is 1. The lowest BCUT2D eigenvalue weighted by Crippen LogP contribution is -2.07. The molecule has 0 radical (unpaired) electrons. The maximum Gasteiger partial charge on any atom is 0.335 e. The second-order valence-corrected chi connectivity index (χ2v) is 7.47. The van der Waals surface area contributed by atoms with Gasteiger partial charge in [0, 0.05) is 5.25 Å². The van der Waals surface area contributed by atoms with E-state index < -0.39 is 5.97 Å². The number of carboxylic acid groups (broad SMARTS) is 1. The summed E-state index contributed by atoms with van der Waals surface area (Å²) in [4.78, 5) is 10.8. The van der Waals surface area contributed by atoms with Gasteiger partial charge in [-0.3, -0.25) is 0 Å². The predicted octanol–water partition coefficient (Wildman–Crippen LogP) is 6.37. The smallest absolute Gasteiger partial charge is 0.335 e. The molecule has 0 aliphatic rings. The first kappa shape index (κ1) is 21.9. The van der Waals surface area contributed by atoms with Gasteiger partial charge < -0.3 is 9.84 Å². The minimum atomic E-state index is -0.914. The van der Waals surface area contributed by atoms with Gasteiger partial charge in [-0.05, 0) is 37.1 Å². The van der Waals surface area contributed by atoms with E-state index in [1.807, 2.05) is 0 Å². The maximum absolute atomic E-state index is 10.8. The zero-order chi connectivity index (χ0) is 18.3. The van der Waals surface area contributed by atoms with Crippen LogP contribution in [0.2, 0.25) is 0 Å². The molecule has 0 aliphatic carbocycles. The second kappa shape index (κ2) is 14.1. The first-order chi connectivity index (χ1) is 12.1. The fourth-order valence-electron chi connectivity index (χ4n) is 2.84. The summed E-state index contributed by atoms with van der Waals surface area (Å²) in [6, 6.07) is 6.55. The third kappa shape index (κ3) is 11.1. The van der Waals surface area contributed by atoms with Crippen LogP contribution >= 0.6 is 12.6 Å². The van der Waals surface area contributed by atoms with Crippen LogP contribution in [-0.2, 0) is 0 Å². The van der Waals surface area contributed by atoms with E-state index in [4.69, 9.17) is 9.84 Å². The summed E-state index contributed by atoms with van der Waals surface area (Å²) < 4.78 is 5.66. The van der Waals surface area contributed by atoms with E-state index in [2.05, 4.69) is 19.6 Å². The van der Waals surface area contributed by atoms with Crippen molar-refractivity contribution in [2.45, 2.75) is 82.8 Å². The van der Waals surface area contributed by atoms with Crippen LogP contribution in [0.25, 0.3) is 0 Å². The van der Waals surface area contributed by atoms with Crippen LogP contribution < -0.4 is 4.74 Å². The fraction of sp³-hybridized carbons (Fsp3) is 0.667. The molecular formula is C21H34O3S. The van der Waals surface area contributed by atoms with Crippen molar-refractivity contribution in [1.82, 2.24) is 0 Å². The van der Waals surface area contributed by atoms with Crippen LogP contribution in [0.1, 0.15) is 87.9 Å². The van der Waals surface area contributed by atoms with Gasteiger partial charge in [-0.2, -0.15) is 12.6 Å². The van der Waals surface area contributed by atoms with Crippen molar-refractivity contribution in [3.63, 3.8) is 0 Å². The van der Waals surface area contributed by atoms with E-state index in [0.717, 1.165) is 12.8 Å². The molecule has 0 spiro atoms. The van der Waals surface area contributed by atoms with Crippen molar-refractivity contribution in [2.24, 2.45) is 0 Å². The zero-order valence-corrected chi connectivity index (χ0v) is 16.5. The maximum atomic E-state index is 10.8. The molecule has 4 heteroatoms. The average Bonchev–Trinajstić information content (AvgIpc) is 2.61. The van der Waals surface area contributed by atoms with Gasteiger partial charge in [-0.1, -0.05) is 64.7 Å². The van der Waals surface area contributed by atoms with E-state index in [-0.39, 0.29) is 5.56 Å². The molecule has 1 atom stereocenters. The van der Waals surface area contributed by atoms with Gasteiger partial charge in [-0.15, -0.1) is 0 Å². The monoisotopic (exact) mass is 366 g/mol. The Labute approximate surface area is 158 Å². The van der Waals surface area contributed by atoms with Gasteiger partial charge >= 0.3 is 5.97 Å². The number of rotatable bonds is 15. The molecule has 1 rings (SSSR count). The molecule has 0 aliphatic heterocycles. The Morgan fingerprint density at radius 1 is 0.960 bits per heavy atom. The molecule has 0 saturated carbocycles. The Bertz CT molecular complexity index is 459. The molecular weight excluding hydrogens is 332 g/mol. The lowest BCUT2D eigenvalue weighted by Gasteiger charge is -2.12. The van der Waals surface area contributed by atoms with E-state index >= 15 is 0 Å². The van der Waals surface area contributed by atoms with Gasteiger partial charge in [0.2, 0.25) is 0 Å². The highest BCUT2D eigenvalue weighted by molar-refractivity contribution is 7.80. The zero-order valence-electron chi connectivity index (χ0n) is 15.6. The highest BCUT2D eigenvalue weighted by Crippen LogP contribution is 2.17. The van der Waals surface area contributed by atoms with Crippen molar-refractivity contribution in [1.29, 1.82) is 0 Å². The normalized spacial score (nSPS) is 12.1. The molecule has 3 nitrogen and oxygen atoms in total. The van der Waals surface area contributed by atoms with Crippen molar-refractivity contribution in [3.8, 4) is 5.75 Å². The number of ether oxygens (including phenoxy) is 1. The van der Waals surface area contributed by atoms with Crippen LogP contribution in [0, 0.1) is 0 Å². The molecule has 0 fully saturated rings. The molecule has 0 heterocycles. The third-order valence-corrected chi connectivity index (χ3v) is 4.98. The summed E-state index contributed by atoms with van der Waals surface area (Å²) >= 11 is 4.64. The van der Waals surface area contributed by atoms with E-state index in [1.54, 1.807) is 24.3 Å². The van der Waals surface area contributed by atoms with Gasteiger partial charge in [0.25, 0.3) is 0 Å². The molecule has 1 aromatic rings. The van der Waals surface area contributed by atoms with E-state index in [1.165, 1.54) is 57.8 Å². The highest BCUT2D eigenvalue weighted by Gasteiger charge is 2.05. The summed E-state index contributed by atoms with van der Waals surface area (Å²) in [6.45, 7) is 2.88. The number of hydrogen-bond donors (Lipinski definition) is 2. The number of aromatic carboxylic acids is 1. The highest BCUT2D eigenvalue weighted by atomic mass is 32.1. The Hall–Kier alpha value is -1.16. The topological polar surface area (TPSA) is 46.5 Å². The Balaban J connectivity index is 1.98. The molecule has 1 unspecified atom stereocenters. The van der Waals surface area contributed by atoms with Crippen LogP contribution in [0.4, 0.5) is 0 Å².